The van der Waals surface area contributed by atoms with Crippen LogP contribution in [0.3, 0.4) is 0 Å². The molecule has 0 radical (unpaired) electrons. The maximum Gasteiger partial charge on any atom is 0.257 e. The van der Waals surface area contributed by atoms with E-state index in [0.717, 1.165) is 26.9 Å². The van der Waals surface area contributed by atoms with Crippen molar-refractivity contribution in [1.82, 2.24) is 19.3 Å². The van der Waals surface area contributed by atoms with Crippen LogP contribution in [0.15, 0.2) is 65.5 Å². The van der Waals surface area contributed by atoms with Crippen molar-refractivity contribution in [2.45, 2.75) is 20.4 Å². The number of imidazole rings is 1. The molecule has 30 heavy (non-hydrogen) atoms. The van der Waals surface area contributed by atoms with Crippen LogP contribution in [-0.4, -0.2) is 25.2 Å². The number of benzene rings is 2. The number of nitrogens with zero attached hydrogens (tertiary/aromatic N) is 4. The van der Waals surface area contributed by atoms with Gasteiger partial charge in [0.2, 0.25) is 5.95 Å². The lowest BCUT2D eigenvalue weighted by Gasteiger charge is -2.11. The molecular formula is C23H22BrN5O. The standard InChI is InChI=1S/C23H22BrN5O/c1-15-10-16(2)20(24)12-19(15)21-13-25-23(28(21)3)27-22(30)18-7-4-6-17(11-18)14-29-9-5-8-26-29/h4-13H,14H2,1-3H3,(H,25,27,30). The summed E-state index contributed by atoms with van der Waals surface area (Å²) in [5.41, 5.74) is 5.94. The van der Waals surface area contributed by atoms with Gasteiger partial charge in [0.15, 0.2) is 0 Å². The number of hydrogen-bond donors (Lipinski definition) is 1. The van der Waals surface area contributed by atoms with Gasteiger partial charge in [-0.25, -0.2) is 4.98 Å². The first kappa shape index (κ1) is 20.1. The predicted octanol–water partition coefficient (Wildman–Crippen LogP) is 4.96. The van der Waals surface area contributed by atoms with E-state index in [1.807, 2.05) is 46.8 Å². The van der Waals surface area contributed by atoms with E-state index >= 15 is 0 Å². The molecule has 0 unspecified atom stereocenters. The second kappa shape index (κ2) is 8.28. The molecule has 0 aliphatic rings. The summed E-state index contributed by atoms with van der Waals surface area (Å²) < 4.78 is 4.77. The van der Waals surface area contributed by atoms with Crippen LogP contribution in [0.1, 0.15) is 27.0 Å². The average molecular weight is 464 g/mol. The van der Waals surface area contributed by atoms with E-state index in [2.05, 4.69) is 57.3 Å². The number of nitrogens with one attached hydrogen (secondary N) is 1. The normalized spacial score (nSPS) is 10.9. The Morgan fingerprint density at radius 1 is 1.13 bits per heavy atom. The number of halogens is 1. The number of amides is 1. The van der Waals surface area contributed by atoms with Crippen LogP contribution in [0.5, 0.6) is 0 Å². The molecule has 4 aromatic rings. The van der Waals surface area contributed by atoms with Crippen LogP contribution in [0.25, 0.3) is 11.3 Å². The van der Waals surface area contributed by atoms with Gasteiger partial charge in [-0.15, -0.1) is 0 Å². The molecule has 2 heterocycles. The molecule has 0 bridgehead atoms. The van der Waals surface area contributed by atoms with Crippen molar-refractivity contribution in [3.8, 4) is 11.3 Å². The number of aromatic nitrogens is 4. The Balaban J connectivity index is 1.56. The highest BCUT2D eigenvalue weighted by atomic mass is 79.9. The van der Waals surface area contributed by atoms with Crippen molar-refractivity contribution in [2.75, 3.05) is 5.32 Å². The molecule has 0 fully saturated rings. The number of rotatable bonds is 5. The van der Waals surface area contributed by atoms with Gasteiger partial charge in [0.25, 0.3) is 5.91 Å². The zero-order chi connectivity index (χ0) is 21.3. The fraction of sp³-hybridized carbons (Fsp3) is 0.174. The molecule has 152 valence electrons. The molecule has 2 aromatic carbocycles. The molecule has 0 saturated carbocycles. The molecule has 0 atom stereocenters. The topological polar surface area (TPSA) is 64.7 Å². The van der Waals surface area contributed by atoms with E-state index in [9.17, 15) is 4.79 Å². The van der Waals surface area contributed by atoms with Gasteiger partial charge in [0, 0.05) is 35.0 Å². The molecular weight excluding hydrogens is 442 g/mol. The van der Waals surface area contributed by atoms with Crippen molar-refractivity contribution in [2.24, 2.45) is 7.05 Å². The third kappa shape index (κ3) is 4.07. The SMILES string of the molecule is Cc1cc(C)c(-c2cnc(NC(=O)c3cccc(Cn4cccn4)c3)n2C)cc1Br. The summed E-state index contributed by atoms with van der Waals surface area (Å²) in [6, 6.07) is 13.6. The zero-order valence-corrected chi connectivity index (χ0v) is 18.6. The van der Waals surface area contributed by atoms with Gasteiger partial charge >= 0.3 is 0 Å². The van der Waals surface area contributed by atoms with Gasteiger partial charge in [-0.3, -0.25) is 14.8 Å². The lowest BCUT2D eigenvalue weighted by molar-refractivity contribution is 0.102. The number of carbonyl (C=O) groups is 1. The Morgan fingerprint density at radius 3 is 2.73 bits per heavy atom. The highest BCUT2D eigenvalue weighted by Crippen LogP contribution is 2.30. The summed E-state index contributed by atoms with van der Waals surface area (Å²) in [6.07, 6.45) is 5.42. The molecule has 0 spiro atoms. The summed E-state index contributed by atoms with van der Waals surface area (Å²) in [4.78, 5) is 17.3. The molecule has 0 saturated heterocycles. The van der Waals surface area contributed by atoms with Crippen LogP contribution in [0, 0.1) is 13.8 Å². The van der Waals surface area contributed by atoms with Crippen molar-refractivity contribution in [3.63, 3.8) is 0 Å². The minimum absolute atomic E-state index is 0.195. The van der Waals surface area contributed by atoms with Crippen LogP contribution >= 0.6 is 15.9 Å². The van der Waals surface area contributed by atoms with Crippen LogP contribution in [0.2, 0.25) is 0 Å². The average Bonchev–Trinajstić information content (AvgIpc) is 3.35. The van der Waals surface area contributed by atoms with Crippen LogP contribution < -0.4 is 5.32 Å². The summed E-state index contributed by atoms with van der Waals surface area (Å²) in [6.45, 7) is 4.75. The van der Waals surface area contributed by atoms with E-state index in [1.54, 1.807) is 18.5 Å². The number of carbonyl (C=O) groups excluding carboxylic acids is 1. The first-order valence-corrected chi connectivity index (χ1v) is 10.4. The van der Waals surface area contributed by atoms with E-state index in [-0.39, 0.29) is 5.91 Å². The summed E-state index contributed by atoms with van der Waals surface area (Å²) in [7, 11) is 1.90. The Kier molecular flexibility index (Phi) is 5.55. The lowest BCUT2D eigenvalue weighted by Crippen LogP contribution is -2.15. The minimum atomic E-state index is -0.195. The molecule has 1 N–H and O–H groups in total. The van der Waals surface area contributed by atoms with Gasteiger partial charge in [0.1, 0.15) is 0 Å². The maximum atomic E-state index is 12.8. The third-order valence-electron chi connectivity index (χ3n) is 5.09. The van der Waals surface area contributed by atoms with Gasteiger partial charge in [0.05, 0.1) is 18.4 Å². The van der Waals surface area contributed by atoms with Gasteiger partial charge in [-0.1, -0.05) is 34.1 Å². The maximum absolute atomic E-state index is 12.8. The first-order chi connectivity index (χ1) is 14.4. The second-order valence-electron chi connectivity index (χ2n) is 7.30. The van der Waals surface area contributed by atoms with Gasteiger partial charge < -0.3 is 4.57 Å². The van der Waals surface area contributed by atoms with Crippen LogP contribution in [0.4, 0.5) is 5.95 Å². The number of aryl methyl sites for hydroxylation is 2. The van der Waals surface area contributed by atoms with Crippen molar-refractivity contribution < 1.29 is 4.79 Å². The molecule has 7 heteroatoms. The van der Waals surface area contributed by atoms with Crippen molar-refractivity contribution in [3.05, 3.63) is 87.8 Å². The molecule has 6 nitrogen and oxygen atoms in total. The van der Waals surface area contributed by atoms with Crippen molar-refractivity contribution >= 4 is 27.8 Å². The fourth-order valence-corrected chi connectivity index (χ4v) is 3.79. The Hall–Kier alpha value is -3.19. The lowest BCUT2D eigenvalue weighted by atomic mass is 10.0. The Bertz CT molecular complexity index is 1210. The van der Waals surface area contributed by atoms with E-state index < -0.39 is 0 Å². The van der Waals surface area contributed by atoms with Crippen LogP contribution in [-0.2, 0) is 13.6 Å². The Morgan fingerprint density at radius 2 is 1.97 bits per heavy atom. The van der Waals surface area contributed by atoms with Gasteiger partial charge in [-0.2, -0.15) is 5.10 Å². The molecule has 0 aliphatic carbocycles. The molecule has 4 rings (SSSR count). The quantitative estimate of drug-likeness (QED) is 0.454. The second-order valence-corrected chi connectivity index (χ2v) is 8.15. The monoisotopic (exact) mass is 463 g/mol. The van der Waals surface area contributed by atoms with E-state index in [0.29, 0.717) is 18.1 Å². The smallest absolute Gasteiger partial charge is 0.257 e. The fourth-order valence-electron chi connectivity index (χ4n) is 3.44. The molecule has 1 amide bonds. The summed E-state index contributed by atoms with van der Waals surface area (Å²) in [5.74, 6) is 0.308. The number of hydrogen-bond acceptors (Lipinski definition) is 3. The molecule has 0 aliphatic heterocycles. The van der Waals surface area contributed by atoms with E-state index in [1.165, 1.54) is 5.56 Å². The zero-order valence-electron chi connectivity index (χ0n) is 17.1. The summed E-state index contributed by atoms with van der Waals surface area (Å²) in [5, 5.41) is 7.14. The first-order valence-electron chi connectivity index (χ1n) is 9.59. The highest BCUT2D eigenvalue weighted by Gasteiger charge is 2.15. The highest BCUT2D eigenvalue weighted by molar-refractivity contribution is 9.10. The molecule has 2 aromatic heterocycles. The minimum Gasteiger partial charge on any atom is -0.313 e. The largest absolute Gasteiger partial charge is 0.313 e. The van der Waals surface area contributed by atoms with Crippen molar-refractivity contribution in [1.29, 1.82) is 0 Å². The number of anilines is 1. The predicted molar refractivity (Wildman–Crippen MR) is 122 cm³/mol. The Labute approximate surface area is 183 Å². The summed E-state index contributed by atoms with van der Waals surface area (Å²) >= 11 is 3.60. The third-order valence-corrected chi connectivity index (χ3v) is 5.94. The van der Waals surface area contributed by atoms with Gasteiger partial charge in [-0.05, 0) is 54.8 Å². The van der Waals surface area contributed by atoms with E-state index in [4.69, 9.17) is 0 Å².